The number of hydrogen-bond donors (Lipinski definition) is 4. The molecule has 1 aliphatic carbocycles. The highest BCUT2D eigenvalue weighted by Gasteiger charge is 2.54. The highest BCUT2D eigenvalue weighted by Crippen LogP contribution is 2.45. The molecule has 4 rings (SSSR count). The molecule has 0 spiro atoms. The zero-order valence-corrected chi connectivity index (χ0v) is 22.8. The van der Waals surface area contributed by atoms with E-state index in [1.165, 1.54) is 4.90 Å². The molecule has 1 unspecified atom stereocenters. The van der Waals surface area contributed by atoms with Gasteiger partial charge in [-0.2, -0.15) is 5.26 Å². The highest BCUT2D eigenvalue weighted by atomic mass is 32.1. The molecule has 2 aromatic rings. The number of rotatable bonds is 8. The lowest BCUT2D eigenvalue weighted by atomic mass is 9.84. The average molecular weight is 544 g/mol. The number of amides is 2. The van der Waals surface area contributed by atoms with E-state index < -0.39 is 53.2 Å². The summed E-state index contributed by atoms with van der Waals surface area (Å²) >= 11 is 1.54. The molecule has 1 saturated carbocycles. The van der Waals surface area contributed by atoms with Crippen LogP contribution < -0.4 is 10.6 Å². The van der Waals surface area contributed by atoms with Crippen molar-refractivity contribution in [2.75, 3.05) is 6.54 Å². The number of nitriles is 1. The first-order valence-corrected chi connectivity index (χ1v) is 13.5. The van der Waals surface area contributed by atoms with Gasteiger partial charge in [0.05, 0.1) is 28.2 Å². The van der Waals surface area contributed by atoms with Gasteiger partial charge in [-0.05, 0) is 36.3 Å². The molecule has 1 aromatic heterocycles. The van der Waals surface area contributed by atoms with Gasteiger partial charge >= 0.3 is 0 Å². The van der Waals surface area contributed by atoms with Crippen LogP contribution in [-0.2, 0) is 16.1 Å². The van der Waals surface area contributed by atoms with E-state index >= 15 is 4.39 Å². The van der Waals surface area contributed by atoms with Crippen LogP contribution in [0.4, 0.5) is 4.39 Å². The molecule has 0 bridgehead atoms. The molecule has 204 valence electrons. The molecule has 5 atom stereocenters. The lowest BCUT2D eigenvalue weighted by Crippen LogP contribution is -2.61. The zero-order chi connectivity index (χ0) is 27.8. The molecule has 2 amide bonds. The quantitative estimate of drug-likeness (QED) is 0.401. The summed E-state index contributed by atoms with van der Waals surface area (Å²) in [6.07, 6.45) is -4.00. The van der Waals surface area contributed by atoms with Gasteiger partial charge in [0.1, 0.15) is 23.8 Å². The summed E-state index contributed by atoms with van der Waals surface area (Å²) < 4.78 is 15.1. The lowest BCUT2D eigenvalue weighted by molar-refractivity contribution is -0.137. The molecule has 11 heteroatoms. The van der Waals surface area contributed by atoms with Crippen molar-refractivity contribution in [3.05, 3.63) is 41.0 Å². The average Bonchev–Trinajstić information content (AvgIpc) is 3.48. The van der Waals surface area contributed by atoms with E-state index in [1.54, 1.807) is 37.6 Å². The number of aryl methyl sites for hydroxylation is 1. The van der Waals surface area contributed by atoms with E-state index in [0.29, 0.717) is 12.8 Å². The predicted octanol–water partition coefficient (Wildman–Crippen LogP) is 2.27. The Morgan fingerprint density at radius 2 is 1.97 bits per heavy atom. The van der Waals surface area contributed by atoms with Crippen LogP contribution >= 0.6 is 11.3 Å². The number of aliphatic hydroxyl groups excluding tert-OH is 2. The Morgan fingerprint density at radius 3 is 2.50 bits per heavy atom. The second-order valence-corrected chi connectivity index (χ2v) is 12.1. The maximum Gasteiger partial charge on any atom is 0.240 e. The Hall–Kier alpha value is -2.91. The molecule has 0 radical (unpaired) electrons. The van der Waals surface area contributed by atoms with E-state index in [-0.39, 0.29) is 13.1 Å². The van der Waals surface area contributed by atoms with Crippen LogP contribution in [0.5, 0.6) is 0 Å². The number of benzene rings is 1. The van der Waals surface area contributed by atoms with Gasteiger partial charge in [-0.3, -0.25) is 14.5 Å². The standard InChI is InChI=1S/C27H34FN5O4S/c1-15-21(38-14-31-15)17-7-5-16(6-8-17)11-30-23(35)20-19(28)18(34)12-33(20)24(36)22(26(2,3)4)32-25(37)27(13-29)9-10-27/h5-8,14,18-20,22,24,34,36H,9-12H2,1-4H3,(H,30,35)(H,32,37)/t18-,19-,20-,22+,24?/m0/s1. The molecule has 4 N–H and O–H groups in total. The Bertz CT molecular complexity index is 1220. The van der Waals surface area contributed by atoms with Crippen LogP contribution in [0.25, 0.3) is 10.4 Å². The number of likely N-dealkylation sites (tertiary alicyclic amines) is 1. The summed E-state index contributed by atoms with van der Waals surface area (Å²) in [6, 6.07) is 7.25. The smallest absolute Gasteiger partial charge is 0.240 e. The topological polar surface area (TPSA) is 139 Å². The van der Waals surface area contributed by atoms with E-state index in [2.05, 4.69) is 15.6 Å². The second-order valence-electron chi connectivity index (χ2n) is 11.3. The molecule has 9 nitrogen and oxygen atoms in total. The summed E-state index contributed by atoms with van der Waals surface area (Å²) in [4.78, 5) is 32.5. The fourth-order valence-corrected chi connectivity index (χ4v) is 5.57. The van der Waals surface area contributed by atoms with Crippen LogP contribution in [0.1, 0.15) is 44.9 Å². The summed E-state index contributed by atoms with van der Waals surface area (Å²) in [5.74, 6) is -1.17. The van der Waals surface area contributed by atoms with Gasteiger partial charge in [-0.1, -0.05) is 45.0 Å². The third-order valence-electron chi connectivity index (χ3n) is 7.38. The third-order valence-corrected chi connectivity index (χ3v) is 8.36. The van der Waals surface area contributed by atoms with Crippen molar-refractivity contribution in [2.24, 2.45) is 10.8 Å². The molecule has 2 fully saturated rings. The monoisotopic (exact) mass is 543 g/mol. The normalized spacial score (nSPS) is 24.3. The minimum atomic E-state index is -1.92. The Kier molecular flexibility index (Phi) is 7.91. The number of hydrogen-bond acceptors (Lipinski definition) is 8. The van der Waals surface area contributed by atoms with E-state index in [0.717, 1.165) is 21.7 Å². The van der Waals surface area contributed by atoms with Crippen molar-refractivity contribution in [3.8, 4) is 16.5 Å². The molecule has 1 saturated heterocycles. The zero-order valence-electron chi connectivity index (χ0n) is 21.9. The number of halogens is 1. The maximum absolute atomic E-state index is 15.1. The maximum atomic E-state index is 15.1. The minimum absolute atomic E-state index is 0.133. The Balaban J connectivity index is 1.46. The van der Waals surface area contributed by atoms with Crippen molar-refractivity contribution in [3.63, 3.8) is 0 Å². The first kappa shape index (κ1) is 28.1. The number of nitrogens with zero attached hydrogens (tertiary/aromatic N) is 3. The predicted molar refractivity (Wildman–Crippen MR) is 140 cm³/mol. The highest BCUT2D eigenvalue weighted by molar-refractivity contribution is 7.13. The van der Waals surface area contributed by atoms with Crippen molar-refractivity contribution in [2.45, 2.75) is 77.7 Å². The summed E-state index contributed by atoms with van der Waals surface area (Å²) in [6.45, 7) is 7.16. The fraction of sp³-hybridized carbons (Fsp3) is 0.556. The van der Waals surface area contributed by atoms with E-state index in [1.807, 2.05) is 37.3 Å². The fourth-order valence-electron chi connectivity index (χ4n) is 4.76. The SMILES string of the molecule is Cc1ncsc1-c1ccc(CNC(=O)[C@@H]2[C@@H](F)[C@@H](O)CN2C(O)[C@@H](NC(=O)C2(C#N)CC2)C(C)(C)C)cc1. The summed E-state index contributed by atoms with van der Waals surface area (Å²) in [5, 5.41) is 36.4. The number of thiazole rings is 1. The number of alkyl halides is 1. The molecule has 2 heterocycles. The Morgan fingerprint density at radius 1 is 1.32 bits per heavy atom. The summed E-state index contributed by atoms with van der Waals surface area (Å²) in [5.41, 5.74) is 2.73. The Labute approximate surface area is 225 Å². The number of β-amino-alcohol motifs (C(OH)–C–C–N with tert-alkyl or cyclic N) is 1. The largest absolute Gasteiger partial charge is 0.389 e. The van der Waals surface area contributed by atoms with Crippen molar-refractivity contribution in [1.29, 1.82) is 5.26 Å². The first-order chi connectivity index (χ1) is 17.9. The van der Waals surface area contributed by atoms with Crippen LogP contribution in [0.3, 0.4) is 0 Å². The first-order valence-electron chi connectivity index (χ1n) is 12.6. The van der Waals surface area contributed by atoms with Gasteiger partial charge in [-0.15, -0.1) is 11.3 Å². The molecular weight excluding hydrogens is 509 g/mol. The van der Waals surface area contributed by atoms with Gasteiger partial charge in [0.25, 0.3) is 0 Å². The van der Waals surface area contributed by atoms with Gasteiger partial charge in [0.2, 0.25) is 11.8 Å². The summed E-state index contributed by atoms with van der Waals surface area (Å²) in [7, 11) is 0. The molecule has 2 aliphatic rings. The van der Waals surface area contributed by atoms with Crippen LogP contribution in [0.15, 0.2) is 29.8 Å². The van der Waals surface area contributed by atoms with Crippen molar-refractivity contribution < 1.29 is 24.2 Å². The second kappa shape index (κ2) is 10.7. The number of aliphatic hydroxyl groups is 2. The van der Waals surface area contributed by atoms with E-state index in [9.17, 15) is 25.1 Å². The van der Waals surface area contributed by atoms with Crippen LogP contribution in [-0.4, -0.2) is 69.0 Å². The molecule has 1 aliphatic heterocycles. The molecule has 38 heavy (non-hydrogen) atoms. The van der Waals surface area contributed by atoms with Gasteiger partial charge in [0.15, 0.2) is 6.17 Å². The number of aromatic nitrogens is 1. The molecule has 1 aromatic carbocycles. The van der Waals surface area contributed by atoms with Crippen LogP contribution in [0.2, 0.25) is 0 Å². The lowest BCUT2D eigenvalue weighted by Gasteiger charge is -2.41. The van der Waals surface area contributed by atoms with Gasteiger partial charge < -0.3 is 20.8 Å². The van der Waals surface area contributed by atoms with Crippen LogP contribution in [0, 0.1) is 29.1 Å². The van der Waals surface area contributed by atoms with E-state index in [4.69, 9.17) is 0 Å². The third kappa shape index (κ3) is 5.59. The van der Waals surface area contributed by atoms with Gasteiger partial charge in [0, 0.05) is 13.1 Å². The van der Waals surface area contributed by atoms with Crippen molar-refractivity contribution >= 4 is 23.2 Å². The number of nitrogens with one attached hydrogen (secondary N) is 2. The van der Waals surface area contributed by atoms with Gasteiger partial charge in [-0.25, -0.2) is 9.37 Å². The minimum Gasteiger partial charge on any atom is -0.389 e. The molecular formula is C27H34FN5O4S. The number of carbonyl (C=O) groups excluding carboxylic acids is 2. The van der Waals surface area contributed by atoms with Crippen molar-refractivity contribution in [1.82, 2.24) is 20.5 Å². The number of carbonyl (C=O) groups is 2.